The van der Waals surface area contributed by atoms with Crippen LogP contribution in [0.3, 0.4) is 0 Å². The van der Waals surface area contributed by atoms with E-state index in [1.54, 1.807) is 18.2 Å². The molecule has 0 saturated heterocycles. The van der Waals surface area contributed by atoms with E-state index < -0.39 is 5.97 Å². The van der Waals surface area contributed by atoms with Crippen molar-refractivity contribution in [2.75, 3.05) is 19.5 Å². The van der Waals surface area contributed by atoms with Crippen LogP contribution >= 0.6 is 0 Å². The van der Waals surface area contributed by atoms with Gasteiger partial charge in [-0.25, -0.2) is 4.79 Å². The molecule has 0 aliphatic heterocycles. The molecule has 1 aliphatic rings. The maximum Gasteiger partial charge on any atom is 0.338 e. The first kappa shape index (κ1) is 11.8. The van der Waals surface area contributed by atoms with Crippen molar-refractivity contribution in [2.24, 2.45) is 5.92 Å². The maximum atomic E-state index is 11.4. The van der Waals surface area contributed by atoms with E-state index in [4.69, 9.17) is 10.5 Å². The van der Waals surface area contributed by atoms with Crippen LogP contribution in [0.4, 0.5) is 5.69 Å². The highest BCUT2D eigenvalue weighted by Gasteiger charge is 2.18. The number of rotatable bonds is 4. The summed E-state index contributed by atoms with van der Waals surface area (Å²) in [7, 11) is 1.35. The van der Waals surface area contributed by atoms with Crippen molar-refractivity contribution in [3.05, 3.63) is 23.8 Å². The lowest BCUT2D eigenvalue weighted by Crippen LogP contribution is -2.19. The molecular formula is C13H17NO3. The second-order valence-corrected chi connectivity index (χ2v) is 4.39. The normalized spacial score (nSPS) is 15.1. The molecule has 0 aromatic heterocycles. The molecular weight excluding hydrogens is 218 g/mol. The zero-order chi connectivity index (χ0) is 12.3. The third-order valence-electron chi connectivity index (χ3n) is 3.06. The van der Waals surface area contributed by atoms with E-state index in [9.17, 15) is 4.79 Å². The lowest BCUT2D eigenvalue weighted by atomic mass is 9.86. The first-order chi connectivity index (χ1) is 8.19. The van der Waals surface area contributed by atoms with Crippen LogP contribution in [0.15, 0.2) is 18.2 Å². The van der Waals surface area contributed by atoms with Crippen molar-refractivity contribution < 1.29 is 14.3 Å². The Balaban J connectivity index is 2.04. The number of carbonyl (C=O) groups excluding carboxylic acids is 1. The van der Waals surface area contributed by atoms with E-state index in [0.29, 0.717) is 29.5 Å². The van der Waals surface area contributed by atoms with Gasteiger partial charge in [0.2, 0.25) is 0 Å². The maximum absolute atomic E-state index is 11.4. The van der Waals surface area contributed by atoms with E-state index in [0.717, 1.165) is 0 Å². The van der Waals surface area contributed by atoms with Crippen LogP contribution in [0.25, 0.3) is 0 Å². The van der Waals surface area contributed by atoms with Crippen molar-refractivity contribution in [2.45, 2.75) is 19.3 Å². The fraction of sp³-hybridized carbons (Fsp3) is 0.462. The molecule has 1 aliphatic carbocycles. The summed E-state index contributed by atoms with van der Waals surface area (Å²) in [5.74, 6) is 0.890. The molecule has 2 rings (SSSR count). The number of ether oxygens (including phenoxy) is 2. The van der Waals surface area contributed by atoms with Gasteiger partial charge in [-0.3, -0.25) is 0 Å². The molecule has 4 heteroatoms. The fourth-order valence-electron chi connectivity index (χ4n) is 1.81. The molecule has 0 radical (unpaired) electrons. The first-order valence-electron chi connectivity index (χ1n) is 5.80. The Hall–Kier alpha value is -1.71. The first-order valence-corrected chi connectivity index (χ1v) is 5.80. The number of hydrogen-bond acceptors (Lipinski definition) is 4. The fourth-order valence-corrected chi connectivity index (χ4v) is 1.81. The minimum atomic E-state index is -0.397. The van der Waals surface area contributed by atoms with E-state index in [-0.39, 0.29) is 0 Å². The topological polar surface area (TPSA) is 61.5 Å². The van der Waals surface area contributed by atoms with E-state index in [1.165, 1.54) is 26.4 Å². The minimum Gasteiger partial charge on any atom is -0.493 e. The zero-order valence-corrected chi connectivity index (χ0v) is 9.94. The van der Waals surface area contributed by atoms with Crippen molar-refractivity contribution in [3.8, 4) is 5.75 Å². The predicted molar refractivity (Wildman–Crippen MR) is 65.0 cm³/mol. The summed E-state index contributed by atoms with van der Waals surface area (Å²) in [5, 5.41) is 0. The molecule has 1 fully saturated rings. The highest BCUT2D eigenvalue weighted by atomic mass is 16.5. The summed E-state index contributed by atoms with van der Waals surface area (Å²) < 4.78 is 10.3. The van der Waals surface area contributed by atoms with Gasteiger partial charge in [0.25, 0.3) is 0 Å². The summed E-state index contributed by atoms with van der Waals surface area (Å²) in [4.78, 5) is 11.4. The average Bonchev–Trinajstić information content (AvgIpc) is 2.25. The molecule has 1 aromatic rings. The number of hydrogen-bond donors (Lipinski definition) is 1. The Bertz CT molecular complexity index is 413. The highest BCUT2D eigenvalue weighted by Crippen LogP contribution is 2.28. The third-order valence-corrected chi connectivity index (χ3v) is 3.06. The smallest absolute Gasteiger partial charge is 0.338 e. The van der Waals surface area contributed by atoms with Gasteiger partial charge in [0.1, 0.15) is 5.75 Å². The van der Waals surface area contributed by atoms with Crippen molar-refractivity contribution in [1.82, 2.24) is 0 Å². The number of nitrogen functional groups attached to an aromatic ring is 1. The molecule has 0 atom stereocenters. The van der Waals surface area contributed by atoms with Gasteiger partial charge in [-0.15, -0.1) is 0 Å². The summed E-state index contributed by atoms with van der Waals surface area (Å²) in [6.07, 6.45) is 3.75. The number of benzene rings is 1. The van der Waals surface area contributed by atoms with Gasteiger partial charge in [0.05, 0.1) is 19.3 Å². The summed E-state index contributed by atoms with van der Waals surface area (Å²) in [6.45, 7) is 0.698. The van der Waals surface area contributed by atoms with Crippen molar-refractivity contribution >= 4 is 11.7 Å². The van der Waals surface area contributed by atoms with Crippen LogP contribution in [0.5, 0.6) is 5.75 Å². The molecule has 1 aromatic carbocycles. The zero-order valence-electron chi connectivity index (χ0n) is 9.94. The summed E-state index contributed by atoms with van der Waals surface area (Å²) >= 11 is 0. The Labute approximate surface area is 101 Å². The molecule has 17 heavy (non-hydrogen) atoms. The molecule has 0 heterocycles. The molecule has 0 unspecified atom stereocenters. The molecule has 2 N–H and O–H groups in total. The van der Waals surface area contributed by atoms with Crippen LogP contribution in [-0.2, 0) is 4.74 Å². The van der Waals surface area contributed by atoms with Gasteiger partial charge in [0.15, 0.2) is 0 Å². The Kier molecular flexibility index (Phi) is 3.52. The number of nitrogens with two attached hydrogens (primary N) is 1. The summed E-state index contributed by atoms with van der Waals surface area (Å²) in [5.41, 5.74) is 6.65. The van der Waals surface area contributed by atoms with Crippen molar-refractivity contribution in [3.63, 3.8) is 0 Å². The number of methoxy groups -OCH3 is 1. The van der Waals surface area contributed by atoms with Gasteiger partial charge < -0.3 is 15.2 Å². The van der Waals surface area contributed by atoms with Crippen LogP contribution < -0.4 is 10.5 Å². The standard InChI is InChI=1S/C13H17NO3/c1-16-13(15)10-5-11(14)7-12(6-10)17-8-9-3-2-4-9/h5-7,9H,2-4,8,14H2,1H3. The largest absolute Gasteiger partial charge is 0.493 e. The third kappa shape index (κ3) is 2.90. The second kappa shape index (κ2) is 5.08. The molecule has 1 saturated carbocycles. The lowest BCUT2D eigenvalue weighted by Gasteiger charge is -2.25. The Morgan fingerprint density at radius 3 is 2.76 bits per heavy atom. The van der Waals surface area contributed by atoms with E-state index >= 15 is 0 Å². The minimum absolute atomic E-state index is 0.397. The second-order valence-electron chi connectivity index (χ2n) is 4.39. The van der Waals surface area contributed by atoms with Crippen LogP contribution in [0, 0.1) is 5.92 Å². The van der Waals surface area contributed by atoms with E-state index in [2.05, 4.69) is 4.74 Å². The van der Waals surface area contributed by atoms with Gasteiger partial charge in [-0.2, -0.15) is 0 Å². The number of esters is 1. The van der Waals surface area contributed by atoms with E-state index in [1.807, 2.05) is 0 Å². The molecule has 4 nitrogen and oxygen atoms in total. The monoisotopic (exact) mass is 235 g/mol. The Morgan fingerprint density at radius 2 is 2.18 bits per heavy atom. The quantitative estimate of drug-likeness (QED) is 0.642. The Morgan fingerprint density at radius 1 is 1.41 bits per heavy atom. The molecule has 0 amide bonds. The van der Waals surface area contributed by atoms with Gasteiger partial charge >= 0.3 is 5.97 Å². The molecule has 0 spiro atoms. The highest BCUT2D eigenvalue weighted by molar-refractivity contribution is 5.90. The lowest BCUT2D eigenvalue weighted by molar-refractivity contribution is 0.0600. The average molecular weight is 235 g/mol. The van der Waals surface area contributed by atoms with Crippen LogP contribution in [0.2, 0.25) is 0 Å². The molecule has 92 valence electrons. The van der Waals surface area contributed by atoms with Crippen LogP contribution in [0.1, 0.15) is 29.6 Å². The summed E-state index contributed by atoms with van der Waals surface area (Å²) in [6, 6.07) is 4.98. The number of anilines is 1. The molecule has 0 bridgehead atoms. The SMILES string of the molecule is COC(=O)c1cc(N)cc(OCC2CCC2)c1. The van der Waals surface area contributed by atoms with Gasteiger partial charge in [-0.1, -0.05) is 6.42 Å². The van der Waals surface area contributed by atoms with Gasteiger partial charge in [0, 0.05) is 11.8 Å². The predicted octanol–water partition coefficient (Wildman–Crippen LogP) is 2.23. The van der Waals surface area contributed by atoms with Crippen LogP contribution in [-0.4, -0.2) is 19.7 Å². The number of carbonyl (C=O) groups is 1. The van der Waals surface area contributed by atoms with Crippen molar-refractivity contribution in [1.29, 1.82) is 0 Å². The van der Waals surface area contributed by atoms with Gasteiger partial charge in [-0.05, 0) is 30.9 Å².